The van der Waals surface area contributed by atoms with Crippen LogP contribution < -0.4 is 5.32 Å². The average Bonchev–Trinajstić information content (AvgIpc) is 3.03. The molecule has 0 aromatic heterocycles. The molecule has 0 unspecified atom stereocenters. The summed E-state index contributed by atoms with van der Waals surface area (Å²) in [5, 5.41) is 12.2. The first-order valence-electron chi connectivity index (χ1n) is 8.38. The molecule has 0 aromatic carbocycles. The largest absolute Gasteiger partial charge is 0.480 e. The number of rotatable bonds is 7. The molecule has 3 rings (SSSR count). The summed E-state index contributed by atoms with van der Waals surface area (Å²) in [6, 6.07) is 0.606. The van der Waals surface area contributed by atoms with Crippen LogP contribution in [0, 0.1) is 11.8 Å². The Morgan fingerprint density at radius 1 is 1.10 bits per heavy atom. The van der Waals surface area contributed by atoms with E-state index in [0.717, 1.165) is 32.2 Å². The third kappa shape index (κ3) is 3.96. The molecule has 118 valence electrons. The van der Waals surface area contributed by atoms with Crippen molar-refractivity contribution in [3.8, 4) is 0 Å². The van der Waals surface area contributed by atoms with Crippen LogP contribution in [0.15, 0.2) is 0 Å². The summed E-state index contributed by atoms with van der Waals surface area (Å²) in [7, 11) is 0. The van der Waals surface area contributed by atoms with Gasteiger partial charge in [-0.05, 0) is 44.4 Å². The number of nitrogens with zero attached hydrogens (tertiary/aromatic N) is 1. The fourth-order valence-corrected chi connectivity index (χ4v) is 3.66. The van der Waals surface area contributed by atoms with Crippen molar-refractivity contribution in [3.63, 3.8) is 0 Å². The van der Waals surface area contributed by atoms with E-state index in [1.165, 1.54) is 25.7 Å². The van der Waals surface area contributed by atoms with E-state index >= 15 is 0 Å². The molecule has 3 saturated carbocycles. The van der Waals surface area contributed by atoms with Gasteiger partial charge < -0.3 is 10.4 Å². The highest BCUT2D eigenvalue weighted by Crippen LogP contribution is 2.34. The maximum atomic E-state index is 12.1. The Kier molecular flexibility index (Phi) is 4.48. The molecular formula is C16H26N2O3. The molecule has 0 atom stereocenters. The van der Waals surface area contributed by atoms with Gasteiger partial charge in [-0.15, -0.1) is 0 Å². The van der Waals surface area contributed by atoms with Crippen LogP contribution in [0.5, 0.6) is 0 Å². The van der Waals surface area contributed by atoms with Crippen LogP contribution in [0.25, 0.3) is 0 Å². The second kappa shape index (κ2) is 6.34. The zero-order chi connectivity index (χ0) is 14.8. The van der Waals surface area contributed by atoms with Gasteiger partial charge in [-0.2, -0.15) is 0 Å². The Bertz CT molecular complexity index is 396. The SMILES string of the molecule is O=C(O)CN(CC1CC1)C1CC(NC(=O)C2CCCC2)C1. The van der Waals surface area contributed by atoms with Gasteiger partial charge in [-0.1, -0.05) is 12.8 Å². The molecule has 3 aliphatic carbocycles. The number of aliphatic carboxylic acids is 1. The van der Waals surface area contributed by atoms with Gasteiger partial charge in [-0.3, -0.25) is 14.5 Å². The Labute approximate surface area is 126 Å². The lowest BCUT2D eigenvalue weighted by Crippen LogP contribution is -2.55. The van der Waals surface area contributed by atoms with Crippen molar-refractivity contribution in [2.75, 3.05) is 13.1 Å². The minimum Gasteiger partial charge on any atom is -0.480 e. The molecule has 0 spiro atoms. The zero-order valence-corrected chi connectivity index (χ0v) is 12.6. The summed E-state index contributed by atoms with van der Waals surface area (Å²) >= 11 is 0. The number of carboxylic acid groups (broad SMARTS) is 1. The normalized spacial score (nSPS) is 29.4. The third-order valence-electron chi connectivity index (χ3n) is 5.23. The van der Waals surface area contributed by atoms with E-state index in [2.05, 4.69) is 10.2 Å². The lowest BCUT2D eigenvalue weighted by atomic mass is 9.84. The van der Waals surface area contributed by atoms with Crippen molar-refractivity contribution in [1.29, 1.82) is 0 Å². The minimum atomic E-state index is -0.742. The highest BCUT2D eigenvalue weighted by atomic mass is 16.4. The first-order chi connectivity index (χ1) is 10.1. The highest BCUT2D eigenvalue weighted by molar-refractivity contribution is 5.79. The first-order valence-corrected chi connectivity index (χ1v) is 8.38. The molecule has 3 aliphatic rings. The summed E-state index contributed by atoms with van der Waals surface area (Å²) in [6.07, 6.45) is 8.74. The Morgan fingerprint density at radius 2 is 1.76 bits per heavy atom. The van der Waals surface area contributed by atoms with Crippen LogP contribution in [-0.4, -0.2) is 47.1 Å². The van der Waals surface area contributed by atoms with E-state index < -0.39 is 5.97 Å². The average molecular weight is 294 g/mol. The monoisotopic (exact) mass is 294 g/mol. The fraction of sp³-hybridized carbons (Fsp3) is 0.875. The Hall–Kier alpha value is -1.10. The number of hydrogen-bond acceptors (Lipinski definition) is 3. The number of amides is 1. The fourth-order valence-electron chi connectivity index (χ4n) is 3.66. The van der Waals surface area contributed by atoms with Crippen molar-refractivity contribution in [2.24, 2.45) is 11.8 Å². The van der Waals surface area contributed by atoms with Crippen molar-refractivity contribution in [3.05, 3.63) is 0 Å². The van der Waals surface area contributed by atoms with Crippen LogP contribution in [0.2, 0.25) is 0 Å². The van der Waals surface area contributed by atoms with E-state index in [9.17, 15) is 9.59 Å². The summed E-state index contributed by atoms with van der Waals surface area (Å²) in [6.45, 7) is 1.06. The molecule has 0 saturated heterocycles. The van der Waals surface area contributed by atoms with Crippen molar-refractivity contribution >= 4 is 11.9 Å². The first kappa shape index (κ1) is 14.8. The van der Waals surface area contributed by atoms with Gasteiger partial charge in [0.05, 0.1) is 6.54 Å². The van der Waals surface area contributed by atoms with Gasteiger partial charge >= 0.3 is 5.97 Å². The summed E-state index contributed by atoms with van der Waals surface area (Å²) < 4.78 is 0. The van der Waals surface area contributed by atoms with Crippen molar-refractivity contribution in [2.45, 2.75) is 63.5 Å². The van der Waals surface area contributed by atoms with E-state index in [0.29, 0.717) is 12.0 Å². The highest BCUT2D eigenvalue weighted by Gasteiger charge is 2.38. The van der Waals surface area contributed by atoms with Crippen LogP contribution in [0.4, 0.5) is 0 Å². The van der Waals surface area contributed by atoms with Crippen LogP contribution >= 0.6 is 0 Å². The number of hydrogen-bond donors (Lipinski definition) is 2. The van der Waals surface area contributed by atoms with Gasteiger partial charge in [0.2, 0.25) is 5.91 Å². The van der Waals surface area contributed by atoms with Gasteiger partial charge in [0, 0.05) is 24.5 Å². The number of carbonyl (C=O) groups excluding carboxylic acids is 1. The van der Waals surface area contributed by atoms with E-state index in [1.54, 1.807) is 0 Å². The third-order valence-corrected chi connectivity index (χ3v) is 5.23. The van der Waals surface area contributed by atoms with Gasteiger partial charge in [0.1, 0.15) is 0 Å². The Balaban J connectivity index is 1.42. The van der Waals surface area contributed by atoms with Gasteiger partial charge in [0.15, 0.2) is 0 Å². The molecule has 2 N–H and O–H groups in total. The van der Waals surface area contributed by atoms with E-state index in [1.807, 2.05) is 0 Å². The van der Waals surface area contributed by atoms with Crippen LogP contribution in [-0.2, 0) is 9.59 Å². The number of nitrogens with one attached hydrogen (secondary N) is 1. The second-order valence-electron chi connectivity index (χ2n) is 7.08. The number of carboxylic acids is 1. The van der Waals surface area contributed by atoms with E-state index in [-0.39, 0.29) is 24.4 Å². The predicted octanol–water partition coefficient (Wildman–Crippen LogP) is 1.62. The van der Waals surface area contributed by atoms with Crippen LogP contribution in [0.3, 0.4) is 0 Å². The molecular weight excluding hydrogens is 268 g/mol. The molecule has 0 bridgehead atoms. The summed E-state index contributed by atoms with van der Waals surface area (Å²) in [5.41, 5.74) is 0. The van der Waals surface area contributed by atoms with Crippen LogP contribution in [0.1, 0.15) is 51.4 Å². The van der Waals surface area contributed by atoms with Gasteiger partial charge in [-0.25, -0.2) is 0 Å². The van der Waals surface area contributed by atoms with E-state index in [4.69, 9.17) is 5.11 Å². The molecule has 1 amide bonds. The second-order valence-corrected chi connectivity index (χ2v) is 7.08. The molecule has 21 heavy (non-hydrogen) atoms. The molecule has 3 fully saturated rings. The zero-order valence-electron chi connectivity index (χ0n) is 12.6. The molecule has 0 radical (unpaired) electrons. The summed E-state index contributed by atoms with van der Waals surface area (Å²) in [4.78, 5) is 25.2. The van der Waals surface area contributed by atoms with Gasteiger partial charge in [0.25, 0.3) is 0 Å². The Morgan fingerprint density at radius 3 is 2.33 bits per heavy atom. The lowest BCUT2D eigenvalue weighted by molar-refractivity contribution is -0.140. The minimum absolute atomic E-state index is 0.143. The molecule has 5 nitrogen and oxygen atoms in total. The smallest absolute Gasteiger partial charge is 0.317 e. The standard InChI is InChI=1S/C16H26N2O3/c19-15(20)10-18(9-11-5-6-11)14-7-13(8-14)17-16(21)12-3-1-2-4-12/h11-14H,1-10H2,(H,17,21)(H,19,20). The molecule has 0 aromatic rings. The predicted molar refractivity (Wildman–Crippen MR) is 78.8 cm³/mol. The maximum Gasteiger partial charge on any atom is 0.317 e. The lowest BCUT2D eigenvalue weighted by Gasteiger charge is -2.43. The maximum absolute atomic E-state index is 12.1. The summed E-state index contributed by atoms with van der Waals surface area (Å²) in [5.74, 6) is 0.416. The topological polar surface area (TPSA) is 69.6 Å². The molecule has 0 heterocycles. The van der Waals surface area contributed by atoms with Crippen molar-refractivity contribution < 1.29 is 14.7 Å². The van der Waals surface area contributed by atoms with Crippen molar-refractivity contribution in [1.82, 2.24) is 10.2 Å². The number of carbonyl (C=O) groups is 2. The molecule has 0 aliphatic heterocycles. The molecule has 5 heteroatoms. The quantitative estimate of drug-likeness (QED) is 0.748.